The van der Waals surface area contributed by atoms with E-state index in [4.69, 9.17) is 0 Å². The molecule has 0 aliphatic carbocycles. The molecular formula is C39H48F3N5O4. The van der Waals surface area contributed by atoms with Gasteiger partial charge in [-0.3, -0.25) is 24.6 Å². The first-order chi connectivity index (χ1) is 24.3. The van der Waals surface area contributed by atoms with Crippen molar-refractivity contribution in [3.8, 4) is 16.9 Å². The predicted molar refractivity (Wildman–Crippen MR) is 191 cm³/mol. The van der Waals surface area contributed by atoms with E-state index in [1.54, 1.807) is 26.2 Å². The molecule has 3 aromatic rings. The van der Waals surface area contributed by atoms with E-state index >= 15 is 0 Å². The molecule has 9 nitrogen and oxygen atoms in total. The number of carbonyl (C=O) groups excluding carboxylic acids is 2. The molecule has 0 radical (unpaired) electrons. The van der Waals surface area contributed by atoms with Crippen molar-refractivity contribution in [3.63, 3.8) is 0 Å². The summed E-state index contributed by atoms with van der Waals surface area (Å²) in [6.45, 7) is 8.73. The third-order valence-corrected chi connectivity index (χ3v) is 11.0. The molecule has 12 heteroatoms. The number of alkyl halides is 3. The Morgan fingerprint density at radius 2 is 1.57 bits per heavy atom. The van der Waals surface area contributed by atoms with E-state index in [2.05, 4.69) is 37.3 Å². The number of likely N-dealkylation sites (tertiary alicyclic amines) is 2. The van der Waals surface area contributed by atoms with E-state index in [9.17, 15) is 27.6 Å². The SMILES string of the molecule is Cc1c(-c2ccc(CN3CCC(CCN4CCC(c5ccc(NC6CCC(=O)NC6=O)cc5)CC4)CC3)c(OC(F)(F)F)c2)cn(C)c(=O)c1C. The maximum absolute atomic E-state index is 13.5. The lowest BCUT2D eigenvalue weighted by molar-refractivity contribution is -0.275. The van der Waals surface area contributed by atoms with Gasteiger partial charge in [-0.2, -0.15) is 0 Å². The quantitative estimate of drug-likeness (QED) is 0.240. The minimum absolute atomic E-state index is 0.130. The van der Waals surface area contributed by atoms with Crippen LogP contribution in [0.3, 0.4) is 0 Å². The summed E-state index contributed by atoms with van der Waals surface area (Å²) < 4.78 is 46.5. The number of benzene rings is 2. The smallest absolute Gasteiger partial charge is 0.405 e. The average molecular weight is 708 g/mol. The Morgan fingerprint density at radius 1 is 0.882 bits per heavy atom. The normalized spacial score (nSPS) is 20.0. The van der Waals surface area contributed by atoms with Crippen LogP contribution in [0.15, 0.2) is 53.5 Å². The number of hydrogen-bond donors (Lipinski definition) is 2. The minimum Gasteiger partial charge on any atom is -0.405 e. The number of nitrogens with zero attached hydrogens (tertiary/aromatic N) is 3. The molecule has 2 N–H and O–H groups in total. The largest absolute Gasteiger partial charge is 0.573 e. The van der Waals surface area contributed by atoms with Crippen LogP contribution in [-0.2, 0) is 23.2 Å². The molecule has 2 amide bonds. The van der Waals surface area contributed by atoms with Crippen molar-refractivity contribution in [2.45, 2.75) is 83.7 Å². The number of carbonyl (C=O) groups is 2. The van der Waals surface area contributed by atoms with Gasteiger partial charge in [0.25, 0.3) is 5.56 Å². The minimum atomic E-state index is -4.81. The van der Waals surface area contributed by atoms with Crippen molar-refractivity contribution in [3.05, 3.63) is 81.3 Å². The van der Waals surface area contributed by atoms with E-state index < -0.39 is 6.36 Å². The molecule has 3 fully saturated rings. The van der Waals surface area contributed by atoms with Gasteiger partial charge in [0.2, 0.25) is 11.8 Å². The number of aryl methyl sites for hydroxylation is 1. The van der Waals surface area contributed by atoms with Crippen LogP contribution >= 0.6 is 0 Å². The molecule has 1 unspecified atom stereocenters. The van der Waals surface area contributed by atoms with Gasteiger partial charge in [0.05, 0.1) is 0 Å². The van der Waals surface area contributed by atoms with Gasteiger partial charge in [0, 0.05) is 48.6 Å². The standard InChI is InChI=1S/C39H48F3N5O4/c1-25-26(2)38(50)45(3)24-33(25)30-4-5-31(35(22-30)51-39(40,41)42)23-47-18-13-27(14-19-47)12-17-46-20-15-29(16-21-46)28-6-8-32(9-7-28)43-34-10-11-36(48)44-37(34)49/h4-9,22,24,27,29,34,43H,10-21,23H2,1-3H3,(H,44,48,49). The molecule has 1 aromatic heterocycles. The summed E-state index contributed by atoms with van der Waals surface area (Å²) in [6.07, 6.45) is 3.04. The van der Waals surface area contributed by atoms with Crippen LogP contribution in [0, 0.1) is 19.8 Å². The molecule has 51 heavy (non-hydrogen) atoms. The third-order valence-electron chi connectivity index (χ3n) is 11.0. The highest BCUT2D eigenvalue weighted by Crippen LogP contribution is 2.35. The summed E-state index contributed by atoms with van der Waals surface area (Å²) in [7, 11) is 1.64. The number of nitrogens with one attached hydrogen (secondary N) is 2. The molecule has 274 valence electrons. The first-order valence-electron chi connectivity index (χ1n) is 18.0. The van der Waals surface area contributed by atoms with E-state index in [0.29, 0.717) is 53.5 Å². The van der Waals surface area contributed by atoms with Gasteiger partial charge >= 0.3 is 6.36 Å². The van der Waals surface area contributed by atoms with E-state index in [1.807, 2.05) is 25.1 Å². The lowest BCUT2D eigenvalue weighted by Crippen LogP contribution is -2.47. The first-order valence-corrected chi connectivity index (χ1v) is 18.0. The Balaban J connectivity index is 0.961. The number of halogens is 3. The molecule has 0 saturated carbocycles. The Morgan fingerprint density at radius 3 is 2.24 bits per heavy atom. The lowest BCUT2D eigenvalue weighted by Gasteiger charge is -2.35. The maximum atomic E-state index is 13.5. The highest BCUT2D eigenvalue weighted by Gasteiger charge is 2.33. The number of pyridine rings is 1. The number of piperidine rings is 3. The molecule has 3 aliphatic rings. The molecule has 0 spiro atoms. The molecule has 2 aromatic carbocycles. The molecule has 3 aliphatic heterocycles. The van der Waals surface area contributed by atoms with Gasteiger partial charge in [-0.25, -0.2) is 0 Å². The molecular weight excluding hydrogens is 659 g/mol. The molecule has 0 bridgehead atoms. The summed E-state index contributed by atoms with van der Waals surface area (Å²) >= 11 is 0. The molecule has 6 rings (SSSR count). The number of aromatic nitrogens is 1. The number of ether oxygens (including phenoxy) is 1. The maximum Gasteiger partial charge on any atom is 0.573 e. The second-order valence-electron chi connectivity index (χ2n) is 14.5. The van der Waals surface area contributed by atoms with Crippen LogP contribution < -0.4 is 20.9 Å². The summed E-state index contributed by atoms with van der Waals surface area (Å²) in [5.41, 5.74) is 5.15. The van der Waals surface area contributed by atoms with Crippen LogP contribution in [0.1, 0.15) is 73.1 Å². The Hall–Kier alpha value is -4.16. The first kappa shape index (κ1) is 36.6. The van der Waals surface area contributed by atoms with Gasteiger partial charge in [0.15, 0.2) is 0 Å². The number of rotatable bonds is 10. The van der Waals surface area contributed by atoms with Gasteiger partial charge < -0.3 is 19.5 Å². The van der Waals surface area contributed by atoms with Gasteiger partial charge in [-0.05, 0) is 132 Å². The van der Waals surface area contributed by atoms with Crippen molar-refractivity contribution in [2.75, 3.05) is 38.0 Å². The topological polar surface area (TPSA) is 95.9 Å². The summed E-state index contributed by atoms with van der Waals surface area (Å²) in [5, 5.41) is 5.63. The van der Waals surface area contributed by atoms with Crippen molar-refractivity contribution in [2.24, 2.45) is 13.0 Å². The van der Waals surface area contributed by atoms with Crippen LogP contribution in [0.25, 0.3) is 11.1 Å². The second kappa shape index (κ2) is 15.6. The highest BCUT2D eigenvalue weighted by atomic mass is 19.4. The Bertz CT molecular complexity index is 1770. The molecule has 1 atom stereocenters. The average Bonchev–Trinajstić information content (AvgIpc) is 3.10. The molecule has 3 saturated heterocycles. The summed E-state index contributed by atoms with van der Waals surface area (Å²) in [5.74, 6) is 0.409. The van der Waals surface area contributed by atoms with E-state index in [0.717, 1.165) is 76.1 Å². The zero-order valence-corrected chi connectivity index (χ0v) is 29.7. The van der Waals surface area contributed by atoms with Crippen LogP contribution in [0.2, 0.25) is 0 Å². The monoisotopic (exact) mass is 707 g/mol. The summed E-state index contributed by atoms with van der Waals surface area (Å²) in [4.78, 5) is 40.6. The van der Waals surface area contributed by atoms with Crippen molar-refractivity contribution in [1.29, 1.82) is 0 Å². The number of hydrogen-bond acceptors (Lipinski definition) is 7. The predicted octanol–water partition coefficient (Wildman–Crippen LogP) is 6.27. The lowest BCUT2D eigenvalue weighted by atomic mass is 9.88. The van der Waals surface area contributed by atoms with Gasteiger partial charge in [-0.1, -0.05) is 24.3 Å². The van der Waals surface area contributed by atoms with Gasteiger partial charge in [-0.15, -0.1) is 13.2 Å². The highest BCUT2D eigenvalue weighted by molar-refractivity contribution is 6.01. The van der Waals surface area contributed by atoms with Crippen LogP contribution in [0.5, 0.6) is 5.75 Å². The third kappa shape index (κ3) is 9.20. The zero-order valence-electron chi connectivity index (χ0n) is 29.7. The van der Waals surface area contributed by atoms with Crippen LogP contribution in [-0.4, -0.2) is 71.3 Å². The fourth-order valence-electron chi connectivity index (χ4n) is 7.75. The van der Waals surface area contributed by atoms with Crippen molar-refractivity contribution >= 4 is 17.5 Å². The number of amides is 2. The van der Waals surface area contributed by atoms with Crippen LogP contribution in [0.4, 0.5) is 18.9 Å². The number of anilines is 1. The Labute approximate surface area is 297 Å². The zero-order chi connectivity index (χ0) is 36.3. The van der Waals surface area contributed by atoms with Gasteiger partial charge in [0.1, 0.15) is 11.8 Å². The summed E-state index contributed by atoms with van der Waals surface area (Å²) in [6, 6.07) is 12.9. The molecule has 4 heterocycles. The fraction of sp³-hybridized carbons (Fsp3) is 0.513. The van der Waals surface area contributed by atoms with Crippen molar-refractivity contribution in [1.82, 2.24) is 19.7 Å². The van der Waals surface area contributed by atoms with E-state index in [-0.39, 0.29) is 29.2 Å². The fourth-order valence-corrected chi connectivity index (χ4v) is 7.75. The van der Waals surface area contributed by atoms with E-state index in [1.165, 1.54) is 16.2 Å². The Kier molecular flexibility index (Phi) is 11.2. The number of imide groups is 1. The second-order valence-corrected chi connectivity index (χ2v) is 14.5. The van der Waals surface area contributed by atoms with Crippen molar-refractivity contribution < 1.29 is 27.5 Å².